The highest BCUT2D eigenvalue weighted by molar-refractivity contribution is 14.1. The van der Waals surface area contributed by atoms with Gasteiger partial charge in [-0.25, -0.2) is 0 Å². The van der Waals surface area contributed by atoms with Gasteiger partial charge in [-0.05, 0) is 115 Å². The van der Waals surface area contributed by atoms with Crippen molar-refractivity contribution in [1.29, 1.82) is 5.26 Å². The second kappa shape index (κ2) is 10.9. The number of anilines is 1. The van der Waals surface area contributed by atoms with E-state index in [4.69, 9.17) is 4.74 Å². The molecule has 0 aliphatic rings. The summed E-state index contributed by atoms with van der Waals surface area (Å²) >= 11 is 7.99. The van der Waals surface area contributed by atoms with E-state index >= 15 is 0 Å². The van der Waals surface area contributed by atoms with E-state index < -0.39 is 5.91 Å². The van der Waals surface area contributed by atoms with Gasteiger partial charge in [0.15, 0.2) is 0 Å². The molecule has 150 valence electrons. The first kappa shape index (κ1) is 22.8. The predicted molar refractivity (Wildman–Crippen MR) is 139 cm³/mol. The lowest BCUT2D eigenvalue weighted by Gasteiger charge is -2.12. The molecule has 0 aromatic heterocycles. The van der Waals surface area contributed by atoms with E-state index in [9.17, 15) is 10.1 Å². The third-order valence-electron chi connectivity index (χ3n) is 4.02. The molecule has 0 heterocycles. The van der Waals surface area contributed by atoms with Gasteiger partial charge in [0.05, 0.1) is 8.04 Å². The van der Waals surface area contributed by atoms with Gasteiger partial charge < -0.3 is 10.1 Å². The summed E-state index contributed by atoms with van der Waals surface area (Å²) < 4.78 is 8.79. The topological polar surface area (TPSA) is 62.1 Å². The third-order valence-corrected chi connectivity index (χ3v) is 6.13. The number of rotatable bonds is 6. The summed E-state index contributed by atoms with van der Waals surface area (Å²) in [6.07, 6.45) is 1.56. The largest absolute Gasteiger partial charge is 0.487 e. The highest BCUT2D eigenvalue weighted by Gasteiger charge is 2.13. The summed E-state index contributed by atoms with van der Waals surface area (Å²) in [6, 6.07) is 22.9. The molecule has 3 rings (SSSR count). The molecule has 0 atom stereocenters. The second-order valence-corrected chi connectivity index (χ2v) is 9.48. The van der Waals surface area contributed by atoms with Crippen LogP contribution >= 0.6 is 61.1 Å². The number of ether oxygens (including phenoxy) is 1. The highest BCUT2D eigenvalue weighted by Crippen LogP contribution is 2.33. The van der Waals surface area contributed by atoms with E-state index in [2.05, 4.69) is 66.4 Å². The zero-order valence-electron chi connectivity index (χ0n) is 15.5. The number of amides is 1. The standard InChI is InChI=1S/C23H15BrI2N2O2/c24-20-11-16(10-17(13-27)23(29)28-19-4-2-1-3-5-19)12-21(26)22(20)30-14-15-6-8-18(25)9-7-15/h1-12H,14H2,(H,28,29)/b17-10-. The van der Waals surface area contributed by atoms with E-state index in [0.29, 0.717) is 12.3 Å². The van der Waals surface area contributed by atoms with Crippen LogP contribution in [0, 0.1) is 18.5 Å². The molecule has 0 radical (unpaired) electrons. The molecule has 0 spiro atoms. The number of carbonyl (C=O) groups excluding carboxylic acids is 1. The Morgan fingerprint density at radius 3 is 2.43 bits per heavy atom. The average molecular weight is 685 g/mol. The maximum atomic E-state index is 12.4. The molecule has 0 unspecified atom stereocenters. The van der Waals surface area contributed by atoms with Crippen molar-refractivity contribution < 1.29 is 9.53 Å². The van der Waals surface area contributed by atoms with Gasteiger partial charge >= 0.3 is 0 Å². The van der Waals surface area contributed by atoms with Crippen LogP contribution in [0.25, 0.3) is 6.08 Å². The maximum absolute atomic E-state index is 12.4. The fraction of sp³-hybridized carbons (Fsp3) is 0.0435. The Morgan fingerprint density at radius 2 is 1.80 bits per heavy atom. The lowest BCUT2D eigenvalue weighted by Crippen LogP contribution is -2.13. The van der Waals surface area contributed by atoms with Gasteiger partial charge in [-0.2, -0.15) is 5.26 Å². The van der Waals surface area contributed by atoms with E-state index in [1.807, 2.05) is 60.7 Å². The van der Waals surface area contributed by atoms with Crippen LogP contribution in [0.4, 0.5) is 5.69 Å². The Balaban J connectivity index is 1.76. The number of hydrogen-bond acceptors (Lipinski definition) is 3. The minimum absolute atomic E-state index is 0.0223. The minimum Gasteiger partial charge on any atom is -0.487 e. The maximum Gasteiger partial charge on any atom is 0.266 e. The third kappa shape index (κ3) is 6.30. The van der Waals surface area contributed by atoms with Gasteiger partial charge in [-0.3, -0.25) is 4.79 Å². The van der Waals surface area contributed by atoms with Crippen LogP contribution in [0.1, 0.15) is 11.1 Å². The number of hydrogen-bond donors (Lipinski definition) is 1. The molecule has 1 N–H and O–H groups in total. The SMILES string of the molecule is N#C/C(=C/c1cc(Br)c(OCc2ccc(I)cc2)c(I)c1)C(=O)Nc1ccccc1. The zero-order chi connectivity index (χ0) is 21.5. The molecule has 0 bridgehead atoms. The molecule has 3 aromatic carbocycles. The van der Waals surface area contributed by atoms with Crippen LogP contribution in [-0.4, -0.2) is 5.91 Å². The lowest BCUT2D eigenvalue weighted by atomic mass is 10.1. The Kier molecular flexibility index (Phi) is 8.30. The van der Waals surface area contributed by atoms with Crippen molar-refractivity contribution in [2.45, 2.75) is 6.61 Å². The monoisotopic (exact) mass is 684 g/mol. The van der Waals surface area contributed by atoms with Gasteiger partial charge in [-0.1, -0.05) is 30.3 Å². The molecule has 0 saturated carbocycles. The normalized spacial score (nSPS) is 10.9. The van der Waals surface area contributed by atoms with Crippen LogP contribution in [-0.2, 0) is 11.4 Å². The molecular formula is C23H15BrI2N2O2. The molecule has 0 saturated heterocycles. The molecule has 0 aliphatic carbocycles. The summed E-state index contributed by atoms with van der Waals surface area (Å²) in [4.78, 5) is 12.4. The van der Waals surface area contributed by atoms with Crippen molar-refractivity contribution in [2.75, 3.05) is 5.32 Å². The van der Waals surface area contributed by atoms with E-state index in [-0.39, 0.29) is 5.57 Å². The molecule has 1 amide bonds. The predicted octanol–water partition coefficient (Wildman–Crippen LogP) is 6.78. The smallest absolute Gasteiger partial charge is 0.266 e. The molecule has 4 nitrogen and oxygen atoms in total. The van der Waals surface area contributed by atoms with Crippen LogP contribution < -0.4 is 10.1 Å². The quantitative estimate of drug-likeness (QED) is 0.177. The van der Waals surface area contributed by atoms with Crippen molar-refractivity contribution in [3.63, 3.8) is 0 Å². The number of benzene rings is 3. The summed E-state index contributed by atoms with van der Waals surface area (Å²) in [5.41, 5.74) is 2.46. The Labute approximate surface area is 210 Å². The van der Waals surface area contributed by atoms with Crippen LogP contribution in [0.3, 0.4) is 0 Å². The van der Waals surface area contributed by atoms with Crippen molar-refractivity contribution in [3.8, 4) is 11.8 Å². The van der Waals surface area contributed by atoms with Gasteiger partial charge in [0.1, 0.15) is 24.0 Å². The van der Waals surface area contributed by atoms with Crippen LogP contribution in [0.15, 0.2) is 76.8 Å². The fourth-order valence-corrected chi connectivity index (χ4v) is 4.70. The van der Waals surface area contributed by atoms with Crippen molar-refractivity contribution in [1.82, 2.24) is 0 Å². The highest BCUT2D eigenvalue weighted by atomic mass is 127. The summed E-state index contributed by atoms with van der Waals surface area (Å²) in [7, 11) is 0. The molecule has 30 heavy (non-hydrogen) atoms. The number of nitrogens with one attached hydrogen (secondary N) is 1. The first-order chi connectivity index (χ1) is 14.5. The van der Waals surface area contributed by atoms with E-state index in [1.165, 1.54) is 3.57 Å². The minimum atomic E-state index is -0.450. The average Bonchev–Trinajstić information content (AvgIpc) is 2.73. The first-order valence-electron chi connectivity index (χ1n) is 8.81. The fourth-order valence-electron chi connectivity index (χ4n) is 2.57. The molecule has 0 aliphatic heterocycles. The van der Waals surface area contributed by atoms with Crippen molar-refractivity contribution in [2.24, 2.45) is 0 Å². The number of nitriles is 1. The Bertz CT molecular complexity index is 1100. The van der Waals surface area contributed by atoms with Crippen LogP contribution in [0.2, 0.25) is 0 Å². The van der Waals surface area contributed by atoms with Gasteiger partial charge in [0.25, 0.3) is 5.91 Å². The molecular weight excluding hydrogens is 670 g/mol. The van der Waals surface area contributed by atoms with Gasteiger partial charge in [0, 0.05) is 9.26 Å². The Morgan fingerprint density at radius 1 is 1.10 bits per heavy atom. The van der Waals surface area contributed by atoms with Crippen LogP contribution in [0.5, 0.6) is 5.75 Å². The number of carbonyl (C=O) groups is 1. The van der Waals surface area contributed by atoms with E-state index in [1.54, 1.807) is 18.2 Å². The van der Waals surface area contributed by atoms with E-state index in [0.717, 1.165) is 24.9 Å². The molecule has 7 heteroatoms. The van der Waals surface area contributed by atoms with Crippen molar-refractivity contribution in [3.05, 3.63) is 95.0 Å². The Hall–Kier alpha value is -1.90. The first-order valence-corrected chi connectivity index (χ1v) is 11.8. The number of halogens is 3. The van der Waals surface area contributed by atoms with Gasteiger partial charge in [0.2, 0.25) is 0 Å². The lowest BCUT2D eigenvalue weighted by molar-refractivity contribution is -0.112. The number of para-hydroxylation sites is 1. The molecule has 3 aromatic rings. The van der Waals surface area contributed by atoms with Gasteiger partial charge in [-0.15, -0.1) is 0 Å². The number of nitrogens with zero attached hydrogens (tertiary/aromatic N) is 1. The molecule has 0 fully saturated rings. The summed E-state index contributed by atoms with van der Waals surface area (Å²) in [5.74, 6) is 0.271. The second-order valence-electron chi connectivity index (χ2n) is 6.22. The zero-order valence-corrected chi connectivity index (χ0v) is 21.4. The summed E-state index contributed by atoms with van der Waals surface area (Å²) in [6.45, 7) is 0.448. The summed E-state index contributed by atoms with van der Waals surface area (Å²) in [5, 5.41) is 12.2. The van der Waals surface area contributed by atoms with Crippen molar-refractivity contribution >= 4 is 78.8 Å².